The van der Waals surface area contributed by atoms with E-state index in [1.54, 1.807) is 0 Å². The Balaban J connectivity index is 1.28. The van der Waals surface area contributed by atoms with Gasteiger partial charge in [-0.1, -0.05) is 12.1 Å². The molecule has 0 aliphatic carbocycles. The number of fused-ring (bicyclic) bond motifs is 2. The number of aromatic nitrogens is 6. The summed E-state index contributed by atoms with van der Waals surface area (Å²) < 4.78 is 0. The number of pyridine rings is 3. The van der Waals surface area contributed by atoms with E-state index in [0.717, 1.165) is 62.3 Å². The zero-order chi connectivity index (χ0) is 23.9. The van der Waals surface area contributed by atoms with Crippen molar-refractivity contribution in [2.24, 2.45) is 0 Å². The highest BCUT2D eigenvalue weighted by Crippen LogP contribution is 2.34. The second-order valence-electron chi connectivity index (χ2n) is 9.42. The Morgan fingerprint density at radius 1 is 0.833 bits per heavy atom. The van der Waals surface area contributed by atoms with E-state index in [9.17, 15) is 0 Å². The predicted octanol–water partition coefficient (Wildman–Crippen LogP) is 5.83. The fraction of sp³-hybridized carbons (Fsp3) is 0.172. The molecule has 7 rings (SSSR count). The van der Waals surface area contributed by atoms with Crippen LogP contribution in [0.1, 0.15) is 18.4 Å². The number of likely N-dealkylation sites (tertiary alicyclic amines) is 1. The lowest BCUT2D eigenvalue weighted by molar-refractivity contribution is 0.331. The molecule has 2 N–H and O–H groups in total. The van der Waals surface area contributed by atoms with E-state index in [0.29, 0.717) is 0 Å². The van der Waals surface area contributed by atoms with E-state index in [2.05, 4.69) is 60.4 Å². The van der Waals surface area contributed by atoms with Crippen molar-refractivity contribution in [3.63, 3.8) is 0 Å². The van der Waals surface area contributed by atoms with Gasteiger partial charge in [-0.05, 0) is 85.1 Å². The molecule has 7 heteroatoms. The zero-order valence-corrected chi connectivity index (χ0v) is 19.8. The molecule has 0 radical (unpaired) electrons. The molecular weight excluding hydrogens is 446 g/mol. The number of nitrogens with one attached hydrogen (secondary N) is 2. The molecular formula is C29H25N7. The van der Waals surface area contributed by atoms with Crippen LogP contribution in [-0.2, 0) is 6.54 Å². The van der Waals surface area contributed by atoms with Crippen LogP contribution >= 0.6 is 0 Å². The third kappa shape index (κ3) is 3.74. The van der Waals surface area contributed by atoms with Crippen LogP contribution in [0, 0.1) is 0 Å². The minimum absolute atomic E-state index is 0.810. The van der Waals surface area contributed by atoms with Crippen molar-refractivity contribution >= 4 is 21.9 Å². The maximum atomic E-state index is 5.03. The Kier molecular flexibility index (Phi) is 5.06. The van der Waals surface area contributed by atoms with E-state index in [4.69, 9.17) is 4.98 Å². The fourth-order valence-electron chi connectivity index (χ4n) is 5.23. The molecule has 0 spiro atoms. The van der Waals surface area contributed by atoms with Crippen LogP contribution in [0.25, 0.3) is 55.7 Å². The molecule has 0 bridgehead atoms. The maximum Gasteiger partial charge on any atom is 0.135 e. The van der Waals surface area contributed by atoms with Crippen LogP contribution in [0.2, 0.25) is 0 Å². The Hall–Kier alpha value is -4.36. The molecule has 7 nitrogen and oxygen atoms in total. The number of H-pyrrole nitrogens is 2. The average Bonchev–Trinajstić information content (AvgIpc) is 3.68. The molecule has 0 saturated carbocycles. The highest BCUT2D eigenvalue weighted by Gasteiger charge is 2.16. The van der Waals surface area contributed by atoms with Gasteiger partial charge in [-0.25, -0.2) is 4.98 Å². The molecule has 0 unspecified atom stereocenters. The Bertz CT molecular complexity index is 1680. The van der Waals surface area contributed by atoms with Gasteiger partial charge < -0.3 is 4.98 Å². The first-order chi connectivity index (χ1) is 17.8. The van der Waals surface area contributed by atoms with E-state index in [1.165, 1.54) is 31.5 Å². The predicted molar refractivity (Wildman–Crippen MR) is 142 cm³/mol. The Morgan fingerprint density at radius 3 is 2.61 bits per heavy atom. The second kappa shape index (κ2) is 8.70. The molecule has 176 valence electrons. The molecule has 6 aromatic rings. The van der Waals surface area contributed by atoms with Crippen LogP contribution in [0.3, 0.4) is 0 Å². The van der Waals surface area contributed by atoms with E-state index < -0.39 is 0 Å². The minimum atomic E-state index is 0.810. The fourth-order valence-corrected chi connectivity index (χ4v) is 5.23. The first-order valence-corrected chi connectivity index (χ1v) is 12.4. The van der Waals surface area contributed by atoms with E-state index in [1.807, 2.05) is 49.1 Å². The topological polar surface area (TPSA) is 86.4 Å². The molecule has 0 atom stereocenters. The van der Waals surface area contributed by atoms with Gasteiger partial charge >= 0.3 is 0 Å². The second-order valence-corrected chi connectivity index (χ2v) is 9.42. The monoisotopic (exact) mass is 471 g/mol. The molecule has 6 heterocycles. The smallest absolute Gasteiger partial charge is 0.135 e. The standard InChI is InChI=1S/C29H25N7/c1-2-13-36(12-1)18-19-14-21(17-31-16-19)24-6-7-26-28(33-24)29(35-34-26)27-15-23-22(4-3-5-25(23)32-27)20-8-10-30-11-9-20/h3-11,14-17,32H,1-2,12-13,18H2,(H,34,35). The van der Waals surface area contributed by atoms with Crippen LogP contribution in [-0.4, -0.2) is 48.1 Å². The summed E-state index contributed by atoms with van der Waals surface area (Å²) in [4.78, 5) is 19.7. The summed E-state index contributed by atoms with van der Waals surface area (Å²) in [6, 6.07) is 18.8. The normalized spacial score (nSPS) is 14.2. The summed E-state index contributed by atoms with van der Waals surface area (Å²) in [6.45, 7) is 3.27. The Labute approximate surface area is 208 Å². The quantitative estimate of drug-likeness (QED) is 0.331. The molecule has 1 fully saturated rings. The largest absolute Gasteiger partial charge is 0.353 e. The number of aromatic amines is 2. The third-order valence-electron chi connectivity index (χ3n) is 7.01. The third-order valence-corrected chi connectivity index (χ3v) is 7.01. The first-order valence-electron chi connectivity index (χ1n) is 12.4. The van der Waals surface area contributed by atoms with Crippen molar-refractivity contribution in [2.75, 3.05) is 13.1 Å². The van der Waals surface area contributed by atoms with Crippen LogP contribution in [0.4, 0.5) is 0 Å². The van der Waals surface area contributed by atoms with Crippen molar-refractivity contribution in [3.8, 4) is 33.8 Å². The molecule has 1 saturated heterocycles. The van der Waals surface area contributed by atoms with Gasteiger partial charge in [-0.15, -0.1) is 0 Å². The number of nitrogens with zero attached hydrogens (tertiary/aromatic N) is 5. The summed E-state index contributed by atoms with van der Waals surface area (Å²) in [5.74, 6) is 0. The van der Waals surface area contributed by atoms with Gasteiger partial charge in [0.05, 0.1) is 16.9 Å². The van der Waals surface area contributed by atoms with Gasteiger partial charge in [0.25, 0.3) is 0 Å². The molecule has 0 amide bonds. The van der Waals surface area contributed by atoms with E-state index >= 15 is 0 Å². The summed E-state index contributed by atoms with van der Waals surface area (Å²) >= 11 is 0. The van der Waals surface area contributed by atoms with Gasteiger partial charge in [0, 0.05) is 47.8 Å². The highest BCUT2D eigenvalue weighted by molar-refractivity contribution is 6.00. The summed E-state index contributed by atoms with van der Waals surface area (Å²) in [5, 5.41) is 8.93. The highest BCUT2D eigenvalue weighted by atomic mass is 15.1. The van der Waals surface area contributed by atoms with Crippen LogP contribution in [0.15, 0.2) is 79.4 Å². The lowest BCUT2D eigenvalue weighted by atomic mass is 10.0. The molecule has 1 aliphatic rings. The van der Waals surface area contributed by atoms with Crippen molar-refractivity contribution in [2.45, 2.75) is 19.4 Å². The molecule has 5 aromatic heterocycles. The lowest BCUT2D eigenvalue weighted by Gasteiger charge is -2.14. The van der Waals surface area contributed by atoms with Gasteiger partial charge in [-0.2, -0.15) is 5.10 Å². The number of hydrogen-bond donors (Lipinski definition) is 2. The van der Waals surface area contributed by atoms with Crippen LogP contribution in [0.5, 0.6) is 0 Å². The summed E-state index contributed by atoms with van der Waals surface area (Å²) in [5.41, 5.74) is 9.99. The van der Waals surface area contributed by atoms with Crippen molar-refractivity contribution in [1.82, 2.24) is 35.0 Å². The van der Waals surface area contributed by atoms with Gasteiger partial charge in [0.1, 0.15) is 11.2 Å². The average molecular weight is 472 g/mol. The van der Waals surface area contributed by atoms with Crippen molar-refractivity contribution in [3.05, 3.63) is 84.9 Å². The zero-order valence-electron chi connectivity index (χ0n) is 19.8. The van der Waals surface area contributed by atoms with Gasteiger partial charge in [0.2, 0.25) is 0 Å². The minimum Gasteiger partial charge on any atom is -0.353 e. The SMILES string of the molecule is c1cc(-c2ccncc2)c2cc(-c3n[nH]c4ccc(-c5cncc(CN6CCCC6)c5)nc34)[nH]c2c1. The first kappa shape index (κ1) is 21.0. The summed E-state index contributed by atoms with van der Waals surface area (Å²) in [6.07, 6.45) is 10.1. The maximum absolute atomic E-state index is 5.03. The lowest BCUT2D eigenvalue weighted by Crippen LogP contribution is -2.18. The molecule has 1 aromatic carbocycles. The van der Waals surface area contributed by atoms with Gasteiger partial charge in [0.15, 0.2) is 0 Å². The van der Waals surface area contributed by atoms with Crippen molar-refractivity contribution < 1.29 is 0 Å². The summed E-state index contributed by atoms with van der Waals surface area (Å²) in [7, 11) is 0. The number of rotatable bonds is 5. The van der Waals surface area contributed by atoms with E-state index in [-0.39, 0.29) is 0 Å². The number of hydrogen-bond acceptors (Lipinski definition) is 5. The van der Waals surface area contributed by atoms with Gasteiger partial charge in [-0.3, -0.25) is 20.0 Å². The number of benzene rings is 1. The molecule has 36 heavy (non-hydrogen) atoms. The Morgan fingerprint density at radius 2 is 1.72 bits per heavy atom. The van der Waals surface area contributed by atoms with Crippen LogP contribution < -0.4 is 0 Å². The van der Waals surface area contributed by atoms with Crippen molar-refractivity contribution in [1.29, 1.82) is 0 Å². The molecule has 1 aliphatic heterocycles.